The summed E-state index contributed by atoms with van der Waals surface area (Å²) in [6.45, 7) is 5.61. The average Bonchev–Trinajstić information content (AvgIpc) is 3.24. The van der Waals surface area contributed by atoms with Crippen molar-refractivity contribution in [3.8, 4) is 11.3 Å². The topological polar surface area (TPSA) is 29.3 Å². The molecule has 1 unspecified atom stereocenters. The summed E-state index contributed by atoms with van der Waals surface area (Å²) in [7, 11) is 0. The highest BCUT2D eigenvalue weighted by Gasteiger charge is 2.20. The van der Waals surface area contributed by atoms with Crippen molar-refractivity contribution in [2.75, 3.05) is 6.54 Å². The second kappa shape index (κ2) is 6.40. The quantitative estimate of drug-likeness (QED) is 0.771. The van der Waals surface area contributed by atoms with E-state index in [2.05, 4.69) is 72.2 Å². The van der Waals surface area contributed by atoms with Gasteiger partial charge in [0.15, 0.2) is 0 Å². The van der Waals surface area contributed by atoms with Gasteiger partial charge in [0, 0.05) is 24.2 Å². The van der Waals surface area contributed by atoms with Crippen LogP contribution in [0.5, 0.6) is 0 Å². The molecule has 3 heterocycles. The Hall–Kier alpha value is -2.13. The van der Waals surface area contributed by atoms with Crippen molar-refractivity contribution >= 4 is 5.65 Å². The smallest absolute Gasteiger partial charge is 0.137 e. The molecule has 2 aromatic heterocycles. The van der Waals surface area contributed by atoms with E-state index in [1.165, 1.54) is 29.7 Å². The molecule has 1 atom stereocenters. The van der Waals surface area contributed by atoms with Crippen LogP contribution in [0.4, 0.5) is 0 Å². The molecule has 0 bridgehead atoms. The van der Waals surface area contributed by atoms with Gasteiger partial charge in [-0.1, -0.05) is 44.2 Å². The largest absolute Gasteiger partial charge is 0.314 e. The van der Waals surface area contributed by atoms with Crippen LogP contribution in [0.2, 0.25) is 0 Å². The van der Waals surface area contributed by atoms with Crippen LogP contribution in [0, 0.1) is 0 Å². The first-order chi connectivity index (χ1) is 11.7. The first-order valence-electron chi connectivity index (χ1n) is 9.02. The normalized spacial score (nSPS) is 17.9. The Labute approximate surface area is 143 Å². The molecular weight excluding hydrogens is 294 g/mol. The van der Waals surface area contributed by atoms with E-state index in [0.717, 1.165) is 24.3 Å². The molecule has 1 aromatic carbocycles. The van der Waals surface area contributed by atoms with Gasteiger partial charge in [0.2, 0.25) is 0 Å². The van der Waals surface area contributed by atoms with E-state index in [0.29, 0.717) is 12.0 Å². The number of benzene rings is 1. The van der Waals surface area contributed by atoms with Crippen LogP contribution in [0.15, 0.2) is 48.7 Å². The number of nitrogens with one attached hydrogen (secondary N) is 1. The molecule has 0 spiro atoms. The molecule has 0 aliphatic carbocycles. The molecule has 124 valence electrons. The van der Waals surface area contributed by atoms with Gasteiger partial charge in [0.1, 0.15) is 5.65 Å². The zero-order valence-corrected chi connectivity index (χ0v) is 14.5. The van der Waals surface area contributed by atoms with Crippen molar-refractivity contribution < 1.29 is 0 Å². The first kappa shape index (κ1) is 15.4. The Kier molecular flexibility index (Phi) is 4.11. The van der Waals surface area contributed by atoms with E-state index >= 15 is 0 Å². The third kappa shape index (κ3) is 2.84. The summed E-state index contributed by atoms with van der Waals surface area (Å²) in [6.07, 6.45) is 5.71. The number of hydrogen-bond acceptors (Lipinski definition) is 2. The second-order valence-corrected chi connectivity index (χ2v) is 7.11. The summed E-state index contributed by atoms with van der Waals surface area (Å²) >= 11 is 0. The minimum Gasteiger partial charge on any atom is -0.314 e. The molecule has 1 N–H and O–H groups in total. The third-order valence-electron chi connectivity index (χ3n) is 5.08. The van der Waals surface area contributed by atoms with Crippen LogP contribution in [0.3, 0.4) is 0 Å². The molecule has 3 aromatic rings. The Morgan fingerprint density at radius 2 is 2.00 bits per heavy atom. The molecule has 1 saturated heterocycles. The number of nitrogens with zero attached hydrogens (tertiary/aromatic N) is 2. The zero-order valence-electron chi connectivity index (χ0n) is 14.5. The molecule has 0 saturated carbocycles. The summed E-state index contributed by atoms with van der Waals surface area (Å²) in [6, 6.07) is 15.7. The lowest BCUT2D eigenvalue weighted by atomic mass is 9.99. The van der Waals surface area contributed by atoms with Gasteiger partial charge in [0.25, 0.3) is 0 Å². The van der Waals surface area contributed by atoms with Crippen LogP contribution in [0.1, 0.15) is 43.9 Å². The molecule has 0 radical (unpaired) electrons. The Bertz CT molecular complexity index is 824. The van der Waals surface area contributed by atoms with E-state index in [1.807, 2.05) is 0 Å². The Morgan fingerprint density at radius 1 is 1.17 bits per heavy atom. The lowest BCUT2D eigenvalue weighted by molar-refractivity contribution is 0.593. The fourth-order valence-electron chi connectivity index (χ4n) is 3.66. The Morgan fingerprint density at radius 3 is 2.71 bits per heavy atom. The van der Waals surface area contributed by atoms with Gasteiger partial charge < -0.3 is 9.72 Å². The van der Waals surface area contributed by atoms with Crippen LogP contribution in [0.25, 0.3) is 16.9 Å². The minimum absolute atomic E-state index is 0.558. The van der Waals surface area contributed by atoms with Gasteiger partial charge in [-0.3, -0.25) is 0 Å². The fraction of sp³-hybridized carbons (Fsp3) is 0.381. The first-order valence-corrected chi connectivity index (χ1v) is 9.02. The highest BCUT2D eigenvalue weighted by molar-refractivity contribution is 5.67. The summed E-state index contributed by atoms with van der Waals surface area (Å²) in [4.78, 5) is 4.93. The molecule has 1 aliphatic rings. The molecule has 1 aliphatic heterocycles. The number of hydrogen-bond donors (Lipinski definition) is 1. The SMILES string of the molecule is CC(C)c1ccc(-c2nc3ccccn3c2CC2CCCN2)cc1. The van der Waals surface area contributed by atoms with E-state index in [4.69, 9.17) is 4.98 Å². The third-order valence-corrected chi connectivity index (χ3v) is 5.08. The molecule has 0 amide bonds. The average molecular weight is 319 g/mol. The van der Waals surface area contributed by atoms with Crippen LogP contribution < -0.4 is 5.32 Å². The number of fused-ring (bicyclic) bond motifs is 1. The molecule has 3 heteroatoms. The zero-order chi connectivity index (χ0) is 16.5. The standard InChI is InChI=1S/C21H25N3/c1-15(2)16-8-10-17(11-9-16)21-19(14-18-6-5-12-22-18)24-13-4-3-7-20(24)23-21/h3-4,7-11,13,15,18,22H,5-6,12,14H2,1-2H3. The van der Waals surface area contributed by atoms with Crippen molar-refractivity contribution in [1.29, 1.82) is 0 Å². The van der Waals surface area contributed by atoms with Crippen molar-refractivity contribution in [3.63, 3.8) is 0 Å². The van der Waals surface area contributed by atoms with E-state index in [9.17, 15) is 0 Å². The maximum absolute atomic E-state index is 4.93. The van der Waals surface area contributed by atoms with Gasteiger partial charge in [-0.15, -0.1) is 0 Å². The maximum atomic E-state index is 4.93. The van der Waals surface area contributed by atoms with E-state index in [-0.39, 0.29) is 0 Å². The van der Waals surface area contributed by atoms with Crippen molar-refractivity contribution in [1.82, 2.24) is 14.7 Å². The van der Waals surface area contributed by atoms with Crippen molar-refractivity contribution in [2.24, 2.45) is 0 Å². The van der Waals surface area contributed by atoms with Gasteiger partial charge >= 0.3 is 0 Å². The molecule has 3 nitrogen and oxygen atoms in total. The monoisotopic (exact) mass is 319 g/mol. The Balaban J connectivity index is 1.78. The van der Waals surface area contributed by atoms with Gasteiger partial charge in [-0.05, 0) is 43.0 Å². The molecule has 24 heavy (non-hydrogen) atoms. The number of rotatable bonds is 4. The summed E-state index contributed by atoms with van der Waals surface area (Å²) in [5.41, 5.74) is 6.08. The molecule has 4 rings (SSSR count). The van der Waals surface area contributed by atoms with Crippen LogP contribution >= 0.6 is 0 Å². The minimum atomic E-state index is 0.558. The summed E-state index contributed by atoms with van der Waals surface area (Å²) in [5, 5.41) is 3.62. The number of imidazole rings is 1. The number of pyridine rings is 1. The maximum Gasteiger partial charge on any atom is 0.137 e. The number of aromatic nitrogens is 2. The predicted molar refractivity (Wildman–Crippen MR) is 99.4 cm³/mol. The van der Waals surface area contributed by atoms with Gasteiger partial charge in [0.05, 0.1) is 11.4 Å². The van der Waals surface area contributed by atoms with E-state index < -0.39 is 0 Å². The van der Waals surface area contributed by atoms with Crippen molar-refractivity contribution in [3.05, 3.63) is 59.9 Å². The van der Waals surface area contributed by atoms with Crippen molar-refractivity contribution in [2.45, 2.75) is 45.1 Å². The fourth-order valence-corrected chi connectivity index (χ4v) is 3.66. The predicted octanol–water partition coefficient (Wildman–Crippen LogP) is 4.42. The van der Waals surface area contributed by atoms with Gasteiger partial charge in [-0.25, -0.2) is 4.98 Å². The summed E-state index contributed by atoms with van der Waals surface area (Å²) in [5.74, 6) is 0.558. The lowest BCUT2D eigenvalue weighted by Gasteiger charge is -2.12. The van der Waals surface area contributed by atoms with Crippen LogP contribution in [-0.2, 0) is 6.42 Å². The lowest BCUT2D eigenvalue weighted by Crippen LogP contribution is -2.24. The summed E-state index contributed by atoms with van der Waals surface area (Å²) < 4.78 is 2.26. The molecular formula is C21H25N3. The highest BCUT2D eigenvalue weighted by Crippen LogP contribution is 2.28. The van der Waals surface area contributed by atoms with E-state index in [1.54, 1.807) is 0 Å². The van der Waals surface area contributed by atoms with Crippen LogP contribution in [-0.4, -0.2) is 22.0 Å². The molecule has 1 fully saturated rings. The second-order valence-electron chi connectivity index (χ2n) is 7.11. The highest BCUT2D eigenvalue weighted by atomic mass is 15.0. The van der Waals surface area contributed by atoms with Gasteiger partial charge in [-0.2, -0.15) is 0 Å².